The SMILES string of the molecule is CC1(C)c2[c-]c(cc(S(=O)(=O)c3ccccc3)c2)-c2cccc(n2)C(C)(C)c2cccc(n2)-c2[c-]c1cc(S(=O)(=O)c1ccccc1)c2.[Pt+2]. The van der Waals surface area contributed by atoms with Gasteiger partial charge in [-0.15, -0.1) is 58.7 Å². The minimum Gasteiger partial charge on any atom is -0.300 e. The summed E-state index contributed by atoms with van der Waals surface area (Å²) in [6.45, 7) is 7.88. The van der Waals surface area contributed by atoms with E-state index in [0.29, 0.717) is 33.6 Å². The average molecular weight is 864 g/mol. The Hall–Kier alpha value is -4.23. The van der Waals surface area contributed by atoms with Gasteiger partial charge in [0.25, 0.3) is 0 Å². The number of hydrogen-bond acceptors (Lipinski definition) is 6. The second kappa shape index (κ2) is 12.6. The number of sulfone groups is 2. The minimum absolute atomic E-state index is 0. The smallest absolute Gasteiger partial charge is 0.300 e. The number of rotatable bonds is 4. The number of nitrogens with zero attached hydrogens (tertiary/aromatic N) is 2. The van der Waals surface area contributed by atoms with Gasteiger partial charge in [-0.1, -0.05) is 74.5 Å². The molecular weight excluding hydrogens is 832 g/mol. The molecule has 0 unspecified atom stereocenters. The molecule has 248 valence electrons. The van der Waals surface area contributed by atoms with Crippen LogP contribution in [0.15, 0.2) is 141 Å². The van der Waals surface area contributed by atoms with Gasteiger partial charge in [-0.05, 0) is 76.8 Å². The maximum Gasteiger partial charge on any atom is 2.00 e. The predicted molar refractivity (Wildman–Crippen MR) is 185 cm³/mol. The third kappa shape index (κ3) is 6.11. The van der Waals surface area contributed by atoms with E-state index in [4.69, 9.17) is 9.97 Å². The number of fused-ring (bicyclic) bond motifs is 10. The molecule has 0 spiro atoms. The molecule has 6 aromatic rings. The van der Waals surface area contributed by atoms with E-state index in [1.807, 2.05) is 64.1 Å². The normalized spacial score (nSPS) is 14.6. The standard InChI is InChI=1S/C40H32N2O4S2.Pt/c1-39(2)29-21-27(23-33(25-29)47(43,44)31-13-7-5-8-14-31)35-17-11-19-37(41-35)40(3,4)38-20-12-18-36(42-38)28-22-30(39)26-34(24-28)48(45,46)32-15-9-6-10-16-32;/h5-20,23-26H,1-4H3;/q-2;+2. The van der Waals surface area contributed by atoms with Crippen molar-refractivity contribution in [1.82, 2.24) is 9.97 Å². The summed E-state index contributed by atoms with van der Waals surface area (Å²) in [5.41, 5.74) is 3.03. The van der Waals surface area contributed by atoms with Crippen LogP contribution in [0.4, 0.5) is 0 Å². The topological polar surface area (TPSA) is 94.1 Å². The van der Waals surface area contributed by atoms with Gasteiger partial charge in [0.15, 0.2) is 19.7 Å². The number of benzene rings is 4. The molecule has 0 fully saturated rings. The largest absolute Gasteiger partial charge is 2.00 e. The molecule has 9 heteroatoms. The van der Waals surface area contributed by atoms with E-state index in [0.717, 1.165) is 11.4 Å². The van der Waals surface area contributed by atoms with Crippen LogP contribution >= 0.6 is 0 Å². The molecule has 0 N–H and O–H groups in total. The molecule has 1 aliphatic heterocycles. The van der Waals surface area contributed by atoms with Crippen molar-refractivity contribution in [3.05, 3.63) is 156 Å². The summed E-state index contributed by atoms with van der Waals surface area (Å²) in [4.78, 5) is 10.6. The first-order chi connectivity index (χ1) is 22.8. The van der Waals surface area contributed by atoms with E-state index in [2.05, 4.69) is 12.1 Å². The van der Waals surface area contributed by atoms with Gasteiger partial charge in [-0.25, -0.2) is 16.8 Å². The van der Waals surface area contributed by atoms with Gasteiger partial charge < -0.3 is 9.97 Å². The second-order valence-corrected chi connectivity index (χ2v) is 16.9. The number of pyridine rings is 2. The fraction of sp³-hybridized carbons (Fsp3) is 0.150. The summed E-state index contributed by atoms with van der Waals surface area (Å²) in [6.07, 6.45) is 0. The van der Waals surface area contributed by atoms with E-state index in [9.17, 15) is 16.8 Å². The fourth-order valence-electron chi connectivity index (χ4n) is 5.96. The Labute approximate surface area is 302 Å². The first-order valence-electron chi connectivity index (χ1n) is 15.5. The Morgan fingerprint density at radius 1 is 0.469 bits per heavy atom. The Balaban J connectivity index is 0.00000417. The van der Waals surface area contributed by atoms with Crippen LogP contribution in [0.1, 0.15) is 50.2 Å². The zero-order valence-electron chi connectivity index (χ0n) is 27.2. The molecule has 0 amide bonds. The molecule has 0 atom stereocenters. The molecule has 4 aromatic carbocycles. The fourth-order valence-corrected chi connectivity index (χ4v) is 8.63. The van der Waals surface area contributed by atoms with Crippen LogP contribution in [0, 0.1) is 12.1 Å². The second-order valence-electron chi connectivity index (χ2n) is 13.0. The van der Waals surface area contributed by atoms with Gasteiger partial charge >= 0.3 is 21.1 Å². The molecule has 3 heterocycles. The first-order valence-corrected chi connectivity index (χ1v) is 18.5. The van der Waals surface area contributed by atoms with Crippen LogP contribution < -0.4 is 0 Å². The summed E-state index contributed by atoms with van der Waals surface area (Å²) in [6, 6.07) is 41.4. The summed E-state index contributed by atoms with van der Waals surface area (Å²) < 4.78 is 56.4. The zero-order valence-corrected chi connectivity index (χ0v) is 31.1. The third-order valence-corrected chi connectivity index (χ3v) is 12.6. The van der Waals surface area contributed by atoms with Crippen LogP contribution in [0.25, 0.3) is 22.5 Å². The van der Waals surface area contributed by atoms with Crippen LogP contribution in [-0.4, -0.2) is 26.8 Å². The van der Waals surface area contributed by atoms with Gasteiger partial charge in [-0.2, -0.15) is 0 Å². The van der Waals surface area contributed by atoms with E-state index in [-0.39, 0.29) is 40.6 Å². The molecule has 2 aromatic heterocycles. The van der Waals surface area contributed by atoms with Gasteiger partial charge in [-0.3, -0.25) is 0 Å². The molecule has 0 radical (unpaired) electrons. The number of aromatic nitrogens is 2. The average Bonchev–Trinajstić information content (AvgIpc) is 3.11. The Kier molecular flexibility index (Phi) is 8.89. The van der Waals surface area contributed by atoms with Crippen molar-refractivity contribution in [3.8, 4) is 22.5 Å². The quantitative estimate of drug-likeness (QED) is 0.167. The Bertz CT molecular complexity index is 2260. The van der Waals surface area contributed by atoms with Crippen LogP contribution in [0.2, 0.25) is 0 Å². The van der Waals surface area contributed by atoms with Crippen molar-refractivity contribution >= 4 is 19.7 Å². The van der Waals surface area contributed by atoms with Crippen LogP contribution in [-0.2, 0) is 51.6 Å². The van der Waals surface area contributed by atoms with E-state index in [1.54, 1.807) is 84.9 Å². The van der Waals surface area contributed by atoms with E-state index < -0.39 is 30.5 Å². The van der Waals surface area contributed by atoms with Crippen molar-refractivity contribution in [2.75, 3.05) is 0 Å². The monoisotopic (exact) mass is 863 g/mol. The summed E-state index contributed by atoms with van der Waals surface area (Å²) in [7, 11) is -7.89. The van der Waals surface area contributed by atoms with Gasteiger partial charge in [0.1, 0.15) is 0 Å². The Morgan fingerprint density at radius 2 is 0.857 bits per heavy atom. The van der Waals surface area contributed by atoms with Crippen molar-refractivity contribution in [2.45, 2.75) is 58.1 Å². The molecule has 8 bridgehead atoms. The third-order valence-electron chi connectivity index (χ3n) is 9.09. The molecule has 0 saturated heterocycles. The van der Waals surface area contributed by atoms with Gasteiger partial charge in [0, 0.05) is 16.8 Å². The Morgan fingerprint density at radius 3 is 1.24 bits per heavy atom. The molecule has 7 rings (SSSR count). The van der Waals surface area contributed by atoms with Crippen LogP contribution in [0.3, 0.4) is 0 Å². The first kappa shape index (κ1) is 34.6. The van der Waals surface area contributed by atoms with E-state index in [1.165, 1.54) is 0 Å². The van der Waals surface area contributed by atoms with E-state index >= 15 is 0 Å². The minimum atomic E-state index is -3.95. The summed E-state index contributed by atoms with van der Waals surface area (Å²) >= 11 is 0. The molecule has 1 aliphatic rings. The predicted octanol–water partition coefficient (Wildman–Crippen LogP) is 8.04. The maximum atomic E-state index is 14.1. The molecular formula is C40H32N2O4PtS2. The maximum absolute atomic E-state index is 14.1. The zero-order chi connectivity index (χ0) is 33.9. The molecule has 0 aliphatic carbocycles. The van der Waals surface area contributed by atoms with Crippen molar-refractivity contribution < 1.29 is 37.9 Å². The van der Waals surface area contributed by atoms with Crippen molar-refractivity contribution in [1.29, 1.82) is 0 Å². The summed E-state index contributed by atoms with van der Waals surface area (Å²) in [5.74, 6) is 0. The summed E-state index contributed by atoms with van der Waals surface area (Å²) in [5, 5.41) is 0. The molecule has 6 nitrogen and oxygen atoms in total. The van der Waals surface area contributed by atoms with Gasteiger partial charge in [0.2, 0.25) is 0 Å². The number of hydrogen-bond donors (Lipinski definition) is 0. The molecule has 49 heavy (non-hydrogen) atoms. The van der Waals surface area contributed by atoms with Crippen molar-refractivity contribution in [2.24, 2.45) is 0 Å². The van der Waals surface area contributed by atoms with Gasteiger partial charge in [0.05, 0.1) is 9.79 Å². The van der Waals surface area contributed by atoms with Crippen LogP contribution in [0.5, 0.6) is 0 Å². The van der Waals surface area contributed by atoms with Crippen molar-refractivity contribution in [3.63, 3.8) is 0 Å². The molecule has 0 saturated carbocycles.